The molecule has 3 heteroatoms. The molecule has 0 heterocycles. The van der Waals surface area contributed by atoms with E-state index in [2.05, 4.69) is 22.0 Å². The van der Waals surface area contributed by atoms with E-state index >= 15 is 0 Å². The molecular formula is C11H8BrNO. The summed E-state index contributed by atoms with van der Waals surface area (Å²) >= 11 is 3.40. The van der Waals surface area contributed by atoms with Crippen molar-refractivity contribution in [1.29, 1.82) is 5.26 Å². The molecule has 0 spiro atoms. The lowest BCUT2D eigenvalue weighted by Crippen LogP contribution is -2.23. The third kappa shape index (κ3) is 1.27. The molecule has 1 aromatic carbocycles. The summed E-state index contributed by atoms with van der Waals surface area (Å²) in [4.78, 5) is 11.8. The Morgan fingerprint density at radius 3 is 2.93 bits per heavy atom. The molecule has 0 aliphatic heterocycles. The smallest absolute Gasteiger partial charge is 0.179 e. The number of carbonyl (C=O) groups is 1. The van der Waals surface area contributed by atoms with Crippen LogP contribution < -0.4 is 0 Å². The minimum atomic E-state index is -0.483. The van der Waals surface area contributed by atoms with Gasteiger partial charge in [0, 0.05) is 5.56 Å². The van der Waals surface area contributed by atoms with Crippen LogP contribution in [-0.4, -0.2) is 10.1 Å². The number of benzene rings is 1. The average molecular weight is 250 g/mol. The highest BCUT2D eigenvalue weighted by Crippen LogP contribution is 2.36. The SMILES string of the molecule is CC1(Br)Cc2cc(C#N)ccc2C1=O. The molecule has 1 atom stereocenters. The number of nitrogens with zero attached hydrogens (tertiary/aromatic N) is 1. The van der Waals surface area contributed by atoms with Gasteiger partial charge in [-0.2, -0.15) is 5.26 Å². The van der Waals surface area contributed by atoms with Crippen molar-refractivity contribution < 1.29 is 4.79 Å². The molecule has 2 rings (SSSR count). The Hall–Kier alpha value is -1.14. The van der Waals surface area contributed by atoms with Gasteiger partial charge in [-0.25, -0.2) is 0 Å². The lowest BCUT2D eigenvalue weighted by Gasteiger charge is -2.10. The van der Waals surface area contributed by atoms with Gasteiger partial charge in [0.15, 0.2) is 5.78 Å². The molecule has 1 aliphatic carbocycles. The molecule has 0 N–H and O–H groups in total. The Kier molecular flexibility index (Phi) is 1.97. The summed E-state index contributed by atoms with van der Waals surface area (Å²) in [6, 6.07) is 7.29. The number of ketones is 1. The number of nitriles is 1. The van der Waals surface area contributed by atoms with Crippen molar-refractivity contribution in [1.82, 2.24) is 0 Å². The number of fused-ring (bicyclic) bond motifs is 1. The van der Waals surface area contributed by atoms with Crippen LogP contribution in [0.1, 0.15) is 28.4 Å². The number of hydrogen-bond donors (Lipinski definition) is 0. The van der Waals surface area contributed by atoms with E-state index in [4.69, 9.17) is 5.26 Å². The summed E-state index contributed by atoms with van der Waals surface area (Å²) in [6.45, 7) is 1.86. The molecule has 2 nitrogen and oxygen atoms in total. The van der Waals surface area contributed by atoms with Crippen molar-refractivity contribution in [3.8, 4) is 6.07 Å². The Labute approximate surface area is 90.7 Å². The molecule has 14 heavy (non-hydrogen) atoms. The van der Waals surface area contributed by atoms with Gasteiger partial charge >= 0.3 is 0 Å². The molecule has 1 aliphatic rings. The van der Waals surface area contributed by atoms with E-state index in [0.717, 1.165) is 11.1 Å². The molecule has 70 valence electrons. The van der Waals surface area contributed by atoms with Crippen molar-refractivity contribution in [3.05, 3.63) is 34.9 Å². The fourth-order valence-electron chi connectivity index (χ4n) is 1.75. The second kappa shape index (κ2) is 2.93. The maximum absolute atomic E-state index is 11.8. The molecule has 0 saturated heterocycles. The molecule has 0 bridgehead atoms. The van der Waals surface area contributed by atoms with Gasteiger partial charge in [-0.1, -0.05) is 15.9 Å². The summed E-state index contributed by atoms with van der Waals surface area (Å²) in [7, 11) is 0. The Balaban J connectivity index is 2.56. The summed E-state index contributed by atoms with van der Waals surface area (Å²) in [5, 5.41) is 8.72. The van der Waals surface area contributed by atoms with Crippen molar-refractivity contribution in [2.75, 3.05) is 0 Å². The van der Waals surface area contributed by atoms with Crippen molar-refractivity contribution in [3.63, 3.8) is 0 Å². The molecular weight excluding hydrogens is 242 g/mol. The van der Waals surface area contributed by atoms with E-state index in [0.29, 0.717) is 12.0 Å². The predicted octanol–water partition coefficient (Wildman–Crippen LogP) is 2.45. The second-order valence-electron chi connectivity index (χ2n) is 3.69. The van der Waals surface area contributed by atoms with Gasteiger partial charge in [-0.15, -0.1) is 0 Å². The standard InChI is InChI=1S/C11H8BrNO/c1-11(12)5-8-4-7(6-13)2-3-9(8)10(11)14/h2-4H,5H2,1H3. The quantitative estimate of drug-likeness (QED) is 0.663. The summed E-state index contributed by atoms with van der Waals surface area (Å²) in [6.07, 6.45) is 0.663. The highest BCUT2D eigenvalue weighted by molar-refractivity contribution is 9.10. The van der Waals surface area contributed by atoms with Crippen LogP contribution in [0.3, 0.4) is 0 Å². The first-order chi connectivity index (χ1) is 6.54. The Morgan fingerprint density at radius 1 is 1.57 bits per heavy atom. The first-order valence-corrected chi connectivity index (χ1v) is 5.10. The number of halogens is 1. The zero-order valence-electron chi connectivity index (χ0n) is 7.67. The van der Waals surface area contributed by atoms with Crippen molar-refractivity contribution in [2.45, 2.75) is 17.7 Å². The third-order valence-electron chi connectivity index (χ3n) is 2.47. The van der Waals surface area contributed by atoms with Crippen LogP contribution in [0.4, 0.5) is 0 Å². The fraction of sp³-hybridized carbons (Fsp3) is 0.273. The van der Waals surface area contributed by atoms with Gasteiger partial charge in [0.2, 0.25) is 0 Å². The van der Waals surface area contributed by atoms with Crippen LogP contribution in [0, 0.1) is 11.3 Å². The summed E-state index contributed by atoms with van der Waals surface area (Å²) < 4.78 is -0.483. The second-order valence-corrected chi connectivity index (χ2v) is 5.44. The number of rotatable bonds is 0. The van der Waals surface area contributed by atoms with Gasteiger partial charge < -0.3 is 0 Å². The van der Waals surface area contributed by atoms with Crippen LogP contribution in [0.15, 0.2) is 18.2 Å². The van der Waals surface area contributed by atoms with Gasteiger partial charge in [-0.3, -0.25) is 4.79 Å². The van der Waals surface area contributed by atoms with E-state index in [1.807, 2.05) is 6.92 Å². The van der Waals surface area contributed by atoms with Crippen molar-refractivity contribution >= 4 is 21.7 Å². The highest BCUT2D eigenvalue weighted by Gasteiger charge is 2.39. The lowest BCUT2D eigenvalue weighted by molar-refractivity contribution is 0.0968. The van der Waals surface area contributed by atoms with Gasteiger partial charge in [-0.05, 0) is 37.1 Å². The fourth-order valence-corrected chi connectivity index (χ4v) is 2.27. The number of Topliss-reactive ketones (excluding diaryl/α,β-unsaturated/α-hetero) is 1. The molecule has 0 aromatic heterocycles. The van der Waals surface area contributed by atoms with E-state index < -0.39 is 4.32 Å². The van der Waals surface area contributed by atoms with E-state index in [9.17, 15) is 4.79 Å². The zero-order valence-corrected chi connectivity index (χ0v) is 9.26. The van der Waals surface area contributed by atoms with Crippen LogP contribution in [-0.2, 0) is 6.42 Å². The van der Waals surface area contributed by atoms with Crippen molar-refractivity contribution in [2.24, 2.45) is 0 Å². The predicted molar refractivity (Wildman–Crippen MR) is 56.5 cm³/mol. The Morgan fingerprint density at radius 2 is 2.29 bits per heavy atom. The van der Waals surface area contributed by atoms with Crippen LogP contribution in [0.25, 0.3) is 0 Å². The maximum atomic E-state index is 11.8. The minimum absolute atomic E-state index is 0.108. The summed E-state index contributed by atoms with van der Waals surface area (Å²) in [5.74, 6) is 0.108. The number of carbonyl (C=O) groups excluding carboxylic acids is 1. The average Bonchev–Trinajstić information content (AvgIpc) is 2.37. The lowest BCUT2D eigenvalue weighted by atomic mass is 10.1. The first-order valence-electron chi connectivity index (χ1n) is 4.31. The van der Waals surface area contributed by atoms with Crippen LogP contribution >= 0.6 is 15.9 Å². The normalized spacial score (nSPS) is 24.5. The highest BCUT2D eigenvalue weighted by atomic mass is 79.9. The van der Waals surface area contributed by atoms with Gasteiger partial charge in [0.1, 0.15) is 0 Å². The zero-order chi connectivity index (χ0) is 10.3. The van der Waals surface area contributed by atoms with Gasteiger partial charge in [0.25, 0.3) is 0 Å². The Bertz CT molecular complexity index is 457. The maximum Gasteiger partial charge on any atom is 0.179 e. The third-order valence-corrected chi connectivity index (χ3v) is 3.12. The molecule has 0 fully saturated rings. The number of hydrogen-bond acceptors (Lipinski definition) is 2. The monoisotopic (exact) mass is 249 g/mol. The van der Waals surface area contributed by atoms with Gasteiger partial charge in [0.05, 0.1) is 16.0 Å². The molecule has 1 unspecified atom stereocenters. The topological polar surface area (TPSA) is 40.9 Å². The minimum Gasteiger partial charge on any atom is -0.293 e. The molecule has 1 aromatic rings. The van der Waals surface area contributed by atoms with Crippen LogP contribution in [0.5, 0.6) is 0 Å². The van der Waals surface area contributed by atoms with Crippen LogP contribution in [0.2, 0.25) is 0 Å². The molecule has 0 radical (unpaired) electrons. The largest absolute Gasteiger partial charge is 0.293 e. The van der Waals surface area contributed by atoms with E-state index in [-0.39, 0.29) is 5.78 Å². The van der Waals surface area contributed by atoms with E-state index in [1.54, 1.807) is 18.2 Å². The molecule has 0 saturated carbocycles. The summed E-state index contributed by atoms with van der Waals surface area (Å²) in [5.41, 5.74) is 2.32. The van der Waals surface area contributed by atoms with E-state index in [1.165, 1.54) is 0 Å². The number of alkyl halides is 1. The first kappa shape index (κ1) is 9.42. The molecule has 0 amide bonds.